The molecule has 0 saturated heterocycles. The average Bonchev–Trinajstić information content (AvgIpc) is 2.89. The van der Waals surface area contributed by atoms with Gasteiger partial charge in [-0.15, -0.1) is 0 Å². The van der Waals surface area contributed by atoms with Crippen LogP contribution < -0.4 is 0 Å². The Hall–Kier alpha value is -2.95. The van der Waals surface area contributed by atoms with Crippen LogP contribution in [0.2, 0.25) is 0 Å². The molecule has 3 rings (SSSR count). The van der Waals surface area contributed by atoms with E-state index in [0.717, 1.165) is 0 Å². The van der Waals surface area contributed by atoms with Crippen molar-refractivity contribution in [1.29, 1.82) is 0 Å². The van der Waals surface area contributed by atoms with Crippen molar-refractivity contribution in [3.05, 3.63) is 70.7 Å². The van der Waals surface area contributed by atoms with Crippen LogP contribution in [0.1, 0.15) is 52.7 Å². The number of aromatic amines is 1. The number of ketones is 1. The number of H-pyrrole nitrogens is 1. The average molecular weight is 353 g/mol. The molecule has 1 heterocycles. The molecule has 134 valence electrons. The third kappa shape index (κ3) is 3.38. The number of carbonyl (C=O) groups is 2. The van der Waals surface area contributed by atoms with E-state index in [1.54, 1.807) is 45.9 Å². The summed E-state index contributed by atoms with van der Waals surface area (Å²) in [6.45, 7) is 7.14. The number of esters is 1. The van der Waals surface area contributed by atoms with Crippen molar-refractivity contribution >= 4 is 22.7 Å². The summed E-state index contributed by atoms with van der Waals surface area (Å²) in [5.41, 5.74) is 1.75. The van der Waals surface area contributed by atoms with Gasteiger partial charge in [-0.2, -0.15) is 0 Å². The zero-order chi connectivity index (χ0) is 19.1. The fourth-order valence-electron chi connectivity index (χ4n) is 2.91. The van der Waals surface area contributed by atoms with Gasteiger partial charge in [-0.25, -0.2) is 9.18 Å². The van der Waals surface area contributed by atoms with Crippen LogP contribution in [0, 0.1) is 12.7 Å². The van der Waals surface area contributed by atoms with E-state index in [1.807, 2.05) is 0 Å². The molecular formula is C21H20FNO3. The normalized spacial score (nSPS) is 11.6. The summed E-state index contributed by atoms with van der Waals surface area (Å²) in [4.78, 5) is 28.8. The van der Waals surface area contributed by atoms with Crippen LogP contribution in [0.3, 0.4) is 0 Å². The number of halogens is 1. The Morgan fingerprint density at radius 3 is 2.31 bits per heavy atom. The second-order valence-electron chi connectivity index (χ2n) is 7.19. The molecule has 4 nitrogen and oxygen atoms in total. The molecule has 3 aromatic rings. The minimum absolute atomic E-state index is 0.273. The fourth-order valence-corrected chi connectivity index (χ4v) is 2.91. The first-order valence-corrected chi connectivity index (χ1v) is 8.32. The van der Waals surface area contributed by atoms with Crippen LogP contribution in [-0.4, -0.2) is 22.3 Å². The maximum Gasteiger partial charge on any atom is 0.339 e. The Morgan fingerprint density at radius 2 is 1.69 bits per heavy atom. The van der Waals surface area contributed by atoms with Gasteiger partial charge in [0.2, 0.25) is 0 Å². The highest BCUT2D eigenvalue weighted by Crippen LogP contribution is 2.29. The molecule has 5 heteroatoms. The Kier molecular flexibility index (Phi) is 4.40. The van der Waals surface area contributed by atoms with E-state index in [1.165, 1.54) is 24.3 Å². The van der Waals surface area contributed by atoms with Crippen LogP contribution >= 0.6 is 0 Å². The first-order valence-electron chi connectivity index (χ1n) is 8.32. The van der Waals surface area contributed by atoms with Crippen molar-refractivity contribution in [3.8, 4) is 0 Å². The molecule has 1 aromatic heterocycles. The van der Waals surface area contributed by atoms with Gasteiger partial charge in [0.15, 0.2) is 5.78 Å². The van der Waals surface area contributed by atoms with Crippen LogP contribution in [0.5, 0.6) is 0 Å². The maximum atomic E-state index is 13.2. The van der Waals surface area contributed by atoms with Crippen molar-refractivity contribution in [3.63, 3.8) is 0 Å². The summed E-state index contributed by atoms with van der Waals surface area (Å²) in [5.74, 6) is -1.17. The van der Waals surface area contributed by atoms with Crippen LogP contribution in [0.15, 0.2) is 42.5 Å². The summed E-state index contributed by atoms with van der Waals surface area (Å²) in [7, 11) is 0. The Labute approximate surface area is 151 Å². The highest BCUT2D eigenvalue weighted by Gasteiger charge is 2.25. The van der Waals surface area contributed by atoms with Gasteiger partial charge >= 0.3 is 5.97 Å². The summed E-state index contributed by atoms with van der Waals surface area (Å²) in [6, 6.07) is 10.5. The van der Waals surface area contributed by atoms with Crippen molar-refractivity contribution < 1.29 is 18.7 Å². The van der Waals surface area contributed by atoms with Crippen LogP contribution in [0.25, 0.3) is 10.9 Å². The van der Waals surface area contributed by atoms with Gasteiger partial charge in [-0.1, -0.05) is 6.07 Å². The number of hydrogen-bond acceptors (Lipinski definition) is 3. The Bertz CT molecular complexity index is 995. The minimum Gasteiger partial charge on any atom is -0.456 e. The maximum absolute atomic E-state index is 13.2. The highest BCUT2D eigenvalue weighted by molar-refractivity contribution is 6.21. The number of aryl methyl sites for hydroxylation is 1. The first kappa shape index (κ1) is 17.9. The molecule has 0 aliphatic rings. The SMILES string of the molecule is Cc1[nH]c2cccc(C(=O)OC(C)(C)C)c2c1C(=O)c1ccc(F)cc1. The summed E-state index contributed by atoms with van der Waals surface area (Å²) in [5, 5.41) is 0.522. The van der Waals surface area contributed by atoms with E-state index in [-0.39, 0.29) is 5.78 Å². The third-order valence-electron chi connectivity index (χ3n) is 3.96. The second-order valence-corrected chi connectivity index (χ2v) is 7.19. The predicted molar refractivity (Wildman–Crippen MR) is 98.0 cm³/mol. The summed E-state index contributed by atoms with van der Waals surface area (Å²) >= 11 is 0. The van der Waals surface area contributed by atoms with E-state index >= 15 is 0 Å². The molecule has 0 amide bonds. The van der Waals surface area contributed by atoms with Gasteiger partial charge in [-0.3, -0.25) is 4.79 Å². The number of ether oxygens (including phenoxy) is 1. The van der Waals surface area contributed by atoms with Crippen LogP contribution in [-0.2, 0) is 4.74 Å². The number of rotatable bonds is 3. The van der Waals surface area contributed by atoms with Gasteiger partial charge in [0, 0.05) is 22.2 Å². The second kappa shape index (κ2) is 6.41. The standard InChI is InChI=1S/C21H20FNO3/c1-12-17(19(24)13-8-10-14(22)11-9-13)18-15(6-5-7-16(18)23-12)20(25)26-21(2,3)4/h5-11,23H,1-4H3. The highest BCUT2D eigenvalue weighted by atomic mass is 19.1. The molecule has 0 bridgehead atoms. The molecule has 0 aliphatic carbocycles. The Morgan fingerprint density at radius 1 is 1.04 bits per heavy atom. The molecule has 0 saturated carbocycles. The van der Waals surface area contributed by atoms with E-state index in [9.17, 15) is 14.0 Å². The number of aromatic nitrogens is 1. The van der Waals surface area contributed by atoms with E-state index in [0.29, 0.717) is 33.3 Å². The molecule has 0 spiro atoms. The van der Waals surface area contributed by atoms with Gasteiger partial charge in [0.1, 0.15) is 11.4 Å². The van der Waals surface area contributed by atoms with E-state index in [2.05, 4.69) is 4.98 Å². The van der Waals surface area contributed by atoms with Crippen LogP contribution in [0.4, 0.5) is 4.39 Å². The van der Waals surface area contributed by atoms with Crippen molar-refractivity contribution in [1.82, 2.24) is 4.98 Å². The lowest BCUT2D eigenvalue weighted by molar-refractivity contribution is 0.00718. The first-order chi connectivity index (χ1) is 12.2. The van der Waals surface area contributed by atoms with Gasteiger partial charge in [0.25, 0.3) is 0 Å². The lowest BCUT2D eigenvalue weighted by Crippen LogP contribution is -2.24. The molecule has 1 N–H and O–H groups in total. The zero-order valence-electron chi connectivity index (χ0n) is 15.1. The Balaban J connectivity index is 2.17. The largest absolute Gasteiger partial charge is 0.456 e. The summed E-state index contributed by atoms with van der Waals surface area (Å²) < 4.78 is 18.7. The van der Waals surface area contributed by atoms with E-state index < -0.39 is 17.4 Å². The molecule has 0 unspecified atom stereocenters. The number of hydrogen-bond donors (Lipinski definition) is 1. The zero-order valence-corrected chi connectivity index (χ0v) is 15.1. The molecule has 0 fully saturated rings. The molecule has 26 heavy (non-hydrogen) atoms. The minimum atomic E-state index is -0.647. The lowest BCUT2D eigenvalue weighted by Gasteiger charge is -2.20. The topological polar surface area (TPSA) is 59.2 Å². The number of fused-ring (bicyclic) bond motifs is 1. The van der Waals surface area contributed by atoms with Crippen molar-refractivity contribution in [2.75, 3.05) is 0 Å². The van der Waals surface area contributed by atoms with Gasteiger partial charge in [-0.05, 0) is 64.1 Å². The van der Waals surface area contributed by atoms with Crippen molar-refractivity contribution in [2.24, 2.45) is 0 Å². The van der Waals surface area contributed by atoms with Gasteiger partial charge in [0.05, 0.1) is 11.1 Å². The molecular weight excluding hydrogens is 333 g/mol. The molecule has 0 atom stereocenters. The lowest BCUT2D eigenvalue weighted by atomic mass is 9.97. The third-order valence-corrected chi connectivity index (χ3v) is 3.96. The molecule has 2 aromatic carbocycles. The van der Waals surface area contributed by atoms with Gasteiger partial charge < -0.3 is 9.72 Å². The number of nitrogens with one attached hydrogen (secondary N) is 1. The molecule has 0 radical (unpaired) electrons. The predicted octanol–water partition coefficient (Wildman–Crippen LogP) is 4.80. The van der Waals surface area contributed by atoms with E-state index in [4.69, 9.17) is 4.74 Å². The number of carbonyl (C=O) groups excluding carboxylic acids is 2. The monoisotopic (exact) mass is 353 g/mol. The van der Waals surface area contributed by atoms with Crippen molar-refractivity contribution in [2.45, 2.75) is 33.3 Å². The number of benzene rings is 2. The molecule has 0 aliphatic heterocycles. The quantitative estimate of drug-likeness (QED) is 0.543. The summed E-state index contributed by atoms with van der Waals surface area (Å²) in [6.07, 6.45) is 0. The smallest absolute Gasteiger partial charge is 0.339 e. The fraction of sp³-hybridized carbons (Fsp3) is 0.238.